The molecule has 0 bridgehead atoms. The molecule has 0 fully saturated rings. The molecule has 0 radical (unpaired) electrons. The van der Waals surface area contributed by atoms with Gasteiger partial charge in [0.25, 0.3) is 0 Å². The highest BCUT2D eigenvalue weighted by atomic mass is 15.0. The summed E-state index contributed by atoms with van der Waals surface area (Å²) in [7, 11) is 0. The largest absolute Gasteiger partial charge is 0.309 e. The molecule has 1 atom stereocenters. The van der Waals surface area contributed by atoms with Crippen LogP contribution in [0.25, 0.3) is 49.4 Å². The van der Waals surface area contributed by atoms with Crippen LogP contribution in [0.15, 0.2) is 115 Å². The van der Waals surface area contributed by atoms with Crippen LogP contribution in [0.3, 0.4) is 0 Å². The lowest BCUT2D eigenvalue weighted by molar-refractivity contribution is 0.713. The van der Waals surface area contributed by atoms with Crippen LogP contribution >= 0.6 is 0 Å². The van der Waals surface area contributed by atoms with Gasteiger partial charge in [0.15, 0.2) is 0 Å². The molecule has 6 aromatic carbocycles. The molecule has 1 heteroatoms. The lowest BCUT2D eigenvalue weighted by Gasteiger charge is -2.29. The third kappa shape index (κ3) is 3.04. The molecule has 0 N–H and O–H groups in total. The fourth-order valence-electron chi connectivity index (χ4n) is 7.25. The van der Waals surface area contributed by atoms with Crippen molar-refractivity contribution in [2.75, 3.05) is 0 Å². The third-order valence-electron chi connectivity index (χ3n) is 9.21. The lowest BCUT2D eigenvalue weighted by Crippen LogP contribution is -2.22. The molecule has 7 aromatic rings. The minimum atomic E-state index is -0.261. The third-order valence-corrected chi connectivity index (χ3v) is 9.21. The van der Waals surface area contributed by atoms with E-state index in [9.17, 15) is 0 Å². The van der Waals surface area contributed by atoms with E-state index in [0.29, 0.717) is 0 Å². The second kappa shape index (κ2) is 8.19. The average Bonchev–Trinajstić information content (AvgIpc) is 3.42. The van der Waals surface area contributed by atoms with E-state index in [-0.39, 0.29) is 5.41 Å². The van der Waals surface area contributed by atoms with Gasteiger partial charge in [0.2, 0.25) is 0 Å². The molecular formula is C39H31N. The van der Waals surface area contributed by atoms with Crippen molar-refractivity contribution in [1.29, 1.82) is 0 Å². The first-order valence-corrected chi connectivity index (χ1v) is 14.2. The van der Waals surface area contributed by atoms with Gasteiger partial charge in [0.05, 0.1) is 16.7 Å². The first-order chi connectivity index (χ1) is 19.4. The Labute approximate surface area is 235 Å². The summed E-state index contributed by atoms with van der Waals surface area (Å²) in [4.78, 5) is 0. The van der Waals surface area contributed by atoms with Crippen LogP contribution in [0.4, 0.5) is 0 Å². The Kier molecular flexibility index (Phi) is 4.77. The van der Waals surface area contributed by atoms with E-state index in [1.54, 1.807) is 0 Å². The molecule has 0 aliphatic heterocycles. The van der Waals surface area contributed by atoms with Crippen LogP contribution in [0, 0.1) is 20.8 Å². The van der Waals surface area contributed by atoms with Gasteiger partial charge in [-0.05, 0) is 91.2 Å². The van der Waals surface area contributed by atoms with E-state index in [1.807, 2.05) is 0 Å². The number of aryl methyl sites for hydroxylation is 3. The molecule has 0 spiro atoms. The molecule has 192 valence electrons. The van der Waals surface area contributed by atoms with E-state index < -0.39 is 0 Å². The minimum absolute atomic E-state index is 0.261. The second-order valence-electron chi connectivity index (χ2n) is 11.8. The van der Waals surface area contributed by atoms with Crippen LogP contribution in [-0.2, 0) is 5.41 Å². The van der Waals surface area contributed by atoms with Crippen molar-refractivity contribution in [3.05, 3.63) is 149 Å². The normalized spacial score (nSPS) is 16.1. The van der Waals surface area contributed by atoms with Crippen molar-refractivity contribution in [3.8, 4) is 16.8 Å². The van der Waals surface area contributed by atoms with Crippen LogP contribution in [0.2, 0.25) is 0 Å². The Bertz CT molecular complexity index is 2090. The highest BCUT2D eigenvalue weighted by Gasteiger charge is 2.42. The number of fused-ring (bicyclic) bond motifs is 8. The van der Waals surface area contributed by atoms with E-state index in [4.69, 9.17) is 0 Å². The van der Waals surface area contributed by atoms with Crippen molar-refractivity contribution < 1.29 is 0 Å². The molecule has 1 aliphatic carbocycles. The van der Waals surface area contributed by atoms with Gasteiger partial charge in [-0.1, -0.05) is 102 Å². The topological polar surface area (TPSA) is 4.93 Å². The summed E-state index contributed by atoms with van der Waals surface area (Å²) < 4.78 is 2.51. The minimum Gasteiger partial charge on any atom is -0.309 e. The second-order valence-corrected chi connectivity index (χ2v) is 11.8. The Balaban J connectivity index is 1.56. The number of rotatable bonds is 2. The van der Waals surface area contributed by atoms with Crippen LogP contribution in [-0.4, -0.2) is 4.57 Å². The summed E-state index contributed by atoms with van der Waals surface area (Å²) in [5, 5.41) is 5.22. The Hall–Kier alpha value is -4.62. The Morgan fingerprint density at radius 2 is 1.07 bits per heavy atom. The maximum absolute atomic E-state index is 2.51. The zero-order chi connectivity index (χ0) is 27.2. The predicted molar refractivity (Wildman–Crippen MR) is 170 cm³/mol. The molecule has 1 nitrogen and oxygen atoms in total. The summed E-state index contributed by atoms with van der Waals surface area (Å²) in [6.45, 7) is 9.01. The van der Waals surface area contributed by atoms with Crippen molar-refractivity contribution in [1.82, 2.24) is 4.57 Å². The highest BCUT2D eigenvalue weighted by molar-refractivity contribution is 6.13. The summed E-state index contributed by atoms with van der Waals surface area (Å²) in [6.07, 6.45) is 0. The van der Waals surface area contributed by atoms with Crippen LogP contribution in [0.1, 0.15) is 40.3 Å². The Morgan fingerprint density at radius 3 is 1.75 bits per heavy atom. The van der Waals surface area contributed by atoms with Gasteiger partial charge in [0, 0.05) is 21.6 Å². The fraction of sp³-hybridized carbons (Fsp3) is 0.128. The van der Waals surface area contributed by atoms with Gasteiger partial charge >= 0.3 is 0 Å². The number of hydrogen-bond donors (Lipinski definition) is 0. The SMILES string of the molecule is Cc1ccc2c(c1)C(C)(c1ccccc1)c1cc(-n3c4ccc(C)cc4c4cc(C)ccc43)c3ccccc3c1-2. The van der Waals surface area contributed by atoms with Gasteiger partial charge in [-0.15, -0.1) is 0 Å². The number of nitrogens with zero attached hydrogens (tertiary/aromatic N) is 1. The average molecular weight is 514 g/mol. The molecule has 1 aromatic heterocycles. The molecule has 8 rings (SSSR count). The summed E-state index contributed by atoms with van der Waals surface area (Å²) >= 11 is 0. The van der Waals surface area contributed by atoms with Gasteiger partial charge in [-0.2, -0.15) is 0 Å². The van der Waals surface area contributed by atoms with Crippen LogP contribution < -0.4 is 0 Å². The summed E-state index contributed by atoms with van der Waals surface area (Å²) in [6, 6.07) is 43.3. The molecule has 0 saturated heterocycles. The quantitative estimate of drug-likeness (QED) is 0.217. The predicted octanol–water partition coefficient (Wildman–Crippen LogP) is 10.2. The van der Waals surface area contributed by atoms with Crippen LogP contribution in [0.5, 0.6) is 0 Å². The van der Waals surface area contributed by atoms with Gasteiger partial charge in [-0.25, -0.2) is 0 Å². The van der Waals surface area contributed by atoms with E-state index >= 15 is 0 Å². The standard InChI is InChI=1S/C39H31N/c1-24-15-18-35-31(20-24)32-21-25(2)16-19-36(32)40(35)37-23-34-38(29-13-9-8-12-28(29)37)30-17-14-26(3)22-33(30)39(34,4)27-10-6-5-7-11-27/h5-23H,1-4H3. The van der Waals surface area contributed by atoms with E-state index in [2.05, 4.69) is 148 Å². The summed E-state index contributed by atoms with van der Waals surface area (Å²) in [5.41, 5.74) is 14.2. The highest BCUT2D eigenvalue weighted by Crippen LogP contribution is 2.56. The van der Waals surface area contributed by atoms with E-state index in [1.165, 1.54) is 82.8 Å². The smallest absolute Gasteiger partial charge is 0.0544 e. The monoisotopic (exact) mass is 513 g/mol. The number of aromatic nitrogens is 1. The zero-order valence-corrected chi connectivity index (χ0v) is 23.4. The van der Waals surface area contributed by atoms with E-state index in [0.717, 1.165) is 0 Å². The lowest BCUT2D eigenvalue weighted by atomic mass is 9.73. The first-order valence-electron chi connectivity index (χ1n) is 14.2. The molecule has 40 heavy (non-hydrogen) atoms. The van der Waals surface area contributed by atoms with Gasteiger partial charge < -0.3 is 4.57 Å². The molecule has 0 saturated carbocycles. The first kappa shape index (κ1) is 23.3. The van der Waals surface area contributed by atoms with Gasteiger partial charge in [0.1, 0.15) is 0 Å². The van der Waals surface area contributed by atoms with Gasteiger partial charge in [-0.3, -0.25) is 0 Å². The molecular weight excluding hydrogens is 482 g/mol. The summed E-state index contributed by atoms with van der Waals surface area (Å²) in [5.74, 6) is 0. The molecule has 1 aliphatic rings. The van der Waals surface area contributed by atoms with Crippen molar-refractivity contribution in [2.45, 2.75) is 33.1 Å². The maximum Gasteiger partial charge on any atom is 0.0544 e. The number of benzene rings is 6. The zero-order valence-electron chi connectivity index (χ0n) is 23.4. The molecule has 1 unspecified atom stereocenters. The van der Waals surface area contributed by atoms with Crippen molar-refractivity contribution >= 4 is 32.6 Å². The van der Waals surface area contributed by atoms with Crippen molar-refractivity contribution in [3.63, 3.8) is 0 Å². The number of hydrogen-bond acceptors (Lipinski definition) is 0. The maximum atomic E-state index is 2.51. The molecule has 1 heterocycles. The Morgan fingerprint density at radius 1 is 0.500 bits per heavy atom. The fourth-order valence-corrected chi connectivity index (χ4v) is 7.25. The van der Waals surface area contributed by atoms with Crippen molar-refractivity contribution in [2.24, 2.45) is 0 Å². The molecule has 0 amide bonds.